The number of ether oxygens (including phenoxy) is 2. The predicted octanol–water partition coefficient (Wildman–Crippen LogP) is 2.04. The van der Waals surface area contributed by atoms with E-state index < -0.39 is 10.0 Å². The minimum absolute atomic E-state index is 0.183. The van der Waals surface area contributed by atoms with Crippen LogP contribution in [0.5, 0.6) is 5.88 Å². The minimum Gasteiger partial charge on any atom is -0.481 e. The second-order valence-corrected chi connectivity index (χ2v) is 5.89. The first-order valence-corrected chi connectivity index (χ1v) is 7.65. The predicted molar refractivity (Wildman–Crippen MR) is 78.8 cm³/mol. The zero-order valence-electron chi connectivity index (χ0n) is 11.7. The van der Waals surface area contributed by atoms with Gasteiger partial charge in [0.25, 0.3) is 10.0 Å². The van der Waals surface area contributed by atoms with Crippen LogP contribution in [0.15, 0.2) is 47.5 Å². The van der Waals surface area contributed by atoms with Crippen LogP contribution >= 0.6 is 0 Å². The average Bonchev–Trinajstić information content (AvgIpc) is 2.48. The molecule has 0 bridgehead atoms. The van der Waals surface area contributed by atoms with Crippen LogP contribution in [-0.2, 0) is 21.4 Å². The zero-order chi connectivity index (χ0) is 15.3. The van der Waals surface area contributed by atoms with Gasteiger partial charge in [-0.2, -0.15) is 0 Å². The Balaban J connectivity index is 2.29. The first kappa shape index (κ1) is 15.3. The van der Waals surface area contributed by atoms with Crippen LogP contribution in [0.1, 0.15) is 5.56 Å². The van der Waals surface area contributed by atoms with E-state index in [1.165, 1.54) is 26.5 Å². The molecule has 6 nitrogen and oxygen atoms in total. The number of methoxy groups -OCH3 is 2. The summed E-state index contributed by atoms with van der Waals surface area (Å²) >= 11 is 0. The van der Waals surface area contributed by atoms with Crippen LogP contribution in [0.4, 0.5) is 5.69 Å². The molecule has 1 heterocycles. The molecule has 0 aliphatic carbocycles. The van der Waals surface area contributed by atoms with E-state index in [0.29, 0.717) is 17.1 Å². The van der Waals surface area contributed by atoms with Gasteiger partial charge in [-0.15, -0.1) is 0 Å². The van der Waals surface area contributed by atoms with Gasteiger partial charge in [0.05, 0.1) is 30.5 Å². The van der Waals surface area contributed by atoms with Gasteiger partial charge in [-0.25, -0.2) is 13.4 Å². The molecule has 7 heteroatoms. The van der Waals surface area contributed by atoms with Gasteiger partial charge in [0, 0.05) is 13.2 Å². The highest BCUT2D eigenvalue weighted by atomic mass is 32.2. The number of nitrogens with one attached hydrogen (secondary N) is 1. The van der Waals surface area contributed by atoms with Crippen LogP contribution in [-0.4, -0.2) is 27.6 Å². The zero-order valence-corrected chi connectivity index (χ0v) is 12.6. The second-order valence-electron chi connectivity index (χ2n) is 4.24. The summed E-state index contributed by atoms with van der Waals surface area (Å²) in [5, 5.41) is 0. The lowest BCUT2D eigenvalue weighted by atomic mass is 10.2. The van der Waals surface area contributed by atoms with Gasteiger partial charge < -0.3 is 9.47 Å². The lowest BCUT2D eigenvalue weighted by molar-refractivity contribution is 0.182. The molecule has 112 valence electrons. The molecular formula is C14H16N2O4S. The Labute approximate surface area is 123 Å². The van der Waals surface area contributed by atoms with Crippen molar-refractivity contribution in [1.82, 2.24) is 4.98 Å². The van der Waals surface area contributed by atoms with Crippen molar-refractivity contribution in [2.75, 3.05) is 18.9 Å². The molecule has 2 rings (SSSR count). The number of pyridine rings is 1. The maximum absolute atomic E-state index is 12.4. The van der Waals surface area contributed by atoms with Gasteiger partial charge in [-0.05, 0) is 17.7 Å². The van der Waals surface area contributed by atoms with Crippen molar-refractivity contribution in [2.45, 2.75) is 11.5 Å². The normalized spacial score (nSPS) is 11.1. The van der Waals surface area contributed by atoms with Crippen LogP contribution in [0.25, 0.3) is 0 Å². The Morgan fingerprint density at radius 2 is 1.90 bits per heavy atom. The third kappa shape index (κ3) is 3.71. The molecule has 1 N–H and O–H groups in total. The molecule has 0 fully saturated rings. The van der Waals surface area contributed by atoms with Crippen molar-refractivity contribution in [3.8, 4) is 5.88 Å². The molecule has 0 saturated heterocycles. The number of benzene rings is 1. The van der Waals surface area contributed by atoms with Gasteiger partial charge in [-0.1, -0.05) is 18.2 Å². The van der Waals surface area contributed by atoms with E-state index in [4.69, 9.17) is 9.47 Å². The topological polar surface area (TPSA) is 77.5 Å². The molecular weight excluding hydrogens is 292 g/mol. The highest BCUT2D eigenvalue weighted by Crippen LogP contribution is 2.20. The summed E-state index contributed by atoms with van der Waals surface area (Å²) in [7, 11) is -0.685. The largest absolute Gasteiger partial charge is 0.481 e. The summed E-state index contributed by atoms with van der Waals surface area (Å²) in [6, 6.07) is 9.85. The van der Waals surface area contributed by atoms with Crippen molar-refractivity contribution >= 4 is 15.7 Å². The summed E-state index contributed by atoms with van der Waals surface area (Å²) in [6.45, 7) is 0.220. The molecule has 0 aliphatic rings. The summed E-state index contributed by atoms with van der Waals surface area (Å²) in [5.74, 6) is 0.415. The van der Waals surface area contributed by atoms with E-state index in [1.54, 1.807) is 30.3 Å². The smallest absolute Gasteiger partial charge is 0.262 e. The van der Waals surface area contributed by atoms with Crippen LogP contribution in [0.3, 0.4) is 0 Å². The maximum atomic E-state index is 12.4. The monoisotopic (exact) mass is 308 g/mol. The lowest BCUT2D eigenvalue weighted by Crippen LogP contribution is -2.15. The third-order valence-electron chi connectivity index (χ3n) is 2.76. The van der Waals surface area contributed by atoms with Crippen molar-refractivity contribution in [3.63, 3.8) is 0 Å². The fourth-order valence-corrected chi connectivity index (χ4v) is 3.08. The summed E-state index contributed by atoms with van der Waals surface area (Å²) in [5.41, 5.74) is 0.956. The third-order valence-corrected chi connectivity index (χ3v) is 4.24. The fraction of sp³-hybridized carbons (Fsp3) is 0.214. The SMILES string of the molecule is COCc1ccccc1S(=O)(=O)Nc1ccc(OC)nc1. The van der Waals surface area contributed by atoms with Crippen LogP contribution < -0.4 is 9.46 Å². The molecule has 1 aromatic carbocycles. The van der Waals surface area contributed by atoms with E-state index in [9.17, 15) is 8.42 Å². The van der Waals surface area contributed by atoms with Gasteiger partial charge in [-0.3, -0.25) is 4.72 Å². The fourth-order valence-electron chi connectivity index (χ4n) is 1.81. The Kier molecular flexibility index (Phi) is 4.77. The molecule has 0 atom stereocenters. The van der Waals surface area contributed by atoms with Crippen molar-refractivity contribution < 1.29 is 17.9 Å². The number of anilines is 1. The van der Waals surface area contributed by atoms with Gasteiger partial charge in [0.2, 0.25) is 5.88 Å². The molecule has 1 aromatic heterocycles. The van der Waals surface area contributed by atoms with Crippen LogP contribution in [0.2, 0.25) is 0 Å². The molecule has 0 unspecified atom stereocenters. The quantitative estimate of drug-likeness (QED) is 0.883. The molecule has 0 aliphatic heterocycles. The van der Waals surface area contributed by atoms with Gasteiger partial charge in [0.15, 0.2) is 0 Å². The molecule has 21 heavy (non-hydrogen) atoms. The van der Waals surface area contributed by atoms with Crippen molar-refractivity contribution in [3.05, 3.63) is 48.2 Å². The highest BCUT2D eigenvalue weighted by Gasteiger charge is 2.18. The number of sulfonamides is 1. The number of aromatic nitrogens is 1. The molecule has 0 radical (unpaired) electrons. The maximum Gasteiger partial charge on any atom is 0.262 e. The van der Waals surface area contributed by atoms with E-state index in [-0.39, 0.29) is 11.5 Å². The van der Waals surface area contributed by atoms with Crippen molar-refractivity contribution in [1.29, 1.82) is 0 Å². The highest BCUT2D eigenvalue weighted by molar-refractivity contribution is 7.92. The van der Waals surface area contributed by atoms with Gasteiger partial charge in [0.1, 0.15) is 0 Å². The average molecular weight is 308 g/mol. The lowest BCUT2D eigenvalue weighted by Gasteiger charge is -2.11. The van der Waals surface area contributed by atoms with E-state index in [1.807, 2.05) is 0 Å². The van der Waals surface area contributed by atoms with Crippen LogP contribution in [0, 0.1) is 0 Å². The number of hydrogen-bond acceptors (Lipinski definition) is 5. The van der Waals surface area contributed by atoms with E-state index >= 15 is 0 Å². The summed E-state index contributed by atoms with van der Waals surface area (Å²) < 4.78 is 37.3. The number of hydrogen-bond donors (Lipinski definition) is 1. The second kappa shape index (κ2) is 6.55. The molecule has 0 spiro atoms. The molecule has 0 amide bonds. The number of rotatable bonds is 6. The first-order chi connectivity index (χ1) is 10.1. The van der Waals surface area contributed by atoms with E-state index in [2.05, 4.69) is 9.71 Å². The molecule has 0 saturated carbocycles. The Morgan fingerprint density at radius 3 is 2.52 bits per heavy atom. The summed E-state index contributed by atoms with van der Waals surface area (Å²) in [6.07, 6.45) is 1.40. The summed E-state index contributed by atoms with van der Waals surface area (Å²) in [4.78, 5) is 4.14. The first-order valence-electron chi connectivity index (χ1n) is 6.16. The Hall–Kier alpha value is -2.12. The van der Waals surface area contributed by atoms with Gasteiger partial charge >= 0.3 is 0 Å². The molecule has 2 aromatic rings. The Bertz CT molecular complexity index is 699. The van der Waals surface area contributed by atoms with E-state index in [0.717, 1.165) is 0 Å². The standard InChI is InChI=1S/C14H16N2O4S/c1-19-10-11-5-3-4-6-13(11)21(17,18)16-12-7-8-14(20-2)15-9-12/h3-9,16H,10H2,1-2H3. The Morgan fingerprint density at radius 1 is 1.14 bits per heavy atom. The number of nitrogens with zero attached hydrogens (tertiary/aromatic N) is 1. The van der Waals surface area contributed by atoms with Crippen molar-refractivity contribution in [2.24, 2.45) is 0 Å². The minimum atomic E-state index is -3.70.